The van der Waals surface area contributed by atoms with Crippen LogP contribution in [0.15, 0.2) is 18.2 Å². The largest absolute Gasteiger partial charge is 0.481 e. The molecule has 0 amide bonds. The number of esters is 1. The number of ether oxygens (including phenoxy) is 2. The summed E-state index contributed by atoms with van der Waals surface area (Å²) >= 11 is 0. The number of aliphatic carboxylic acids is 1. The van der Waals surface area contributed by atoms with Crippen LogP contribution in [0, 0.1) is 0 Å². The fourth-order valence-corrected chi connectivity index (χ4v) is 3.05. The smallest absolute Gasteiger partial charge is 0.308 e. The second-order valence-corrected chi connectivity index (χ2v) is 5.68. The lowest BCUT2D eigenvalue weighted by atomic mass is 9.90. The summed E-state index contributed by atoms with van der Waals surface area (Å²) < 4.78 is 10.9. The second kappa shape index (κ2) is 5.14. The lowest BCUT2D eigenvalue weighted by molar-refractivity contribution is -0.146. The van der Waals surface area contributed by atoms with E-state index >= 15 is 0 Å². The molecule has 0 saturated heterocycles. The van der Waals surface area contributed by atoms with Crippen LogP contribution >= 0.6 is 0 Å². The van der Waals surface area contributed by atoms with E-state index in [0.717, 1.165) is 22.2 Å². The summed E-state index contributed by atoms with van der Waals surface area (Å²) in [5.41, 5.74) is 1.82. The maximum Gasteiger partial charge on any atom is 0.308 e. The van der Waals surface area contributed by atoms with E-state index in [9.17, 15) is 9.59 Å². The average molecular weight is 303 g/mol. The van der Waals surface area contributed by atoms with Gasteiger partial charge in [0.15, 0.2) is 0 Å². The van der Waals surface area contributed by atoms with E-state index in [1.807, 2.05) is 6.07 Å². The van der Waals surface area contributed by atoms with Gasteiger partial charge in [0, 0.05) is 17.8 Å². The number of aromatic amines is 1. The number of aromatic nitrogens is 1. The standard InChI is InChI=1S/C16H17NO5/c1-9(18)22-10-3-4-13-12(7-10)11-5-6-21-16(2,8-14(19)20)15(11)17-13/h3-4,7,17H,5-6,8H2,1-2H3,(H,19,20). The first kappa shape index (κ1) is 14.6. The zero-order chi connectivity index (χ0) is 15.9. The molecule has 22 heavy (non-hydrogen) atoms. The first-order valence-electron chi connectivity index (χ1n) is 7.08. The molecule has 0 aliphatic carbocycles. The summed E-state index contributed by atoms with van der Waals surface area (Å²) in [6, 6.07) is 5.34. The lowest BCUT2D eigenvalue weighted by Gasteiger charge is -2.32. The molecule has 0 spiro atoms. The van der Waals surface area contributed by atoms with Crippen molar-refractivity contribution in [1.29, 1.82) is 0 Å². The normalized spacial score (nSPS) is 20.6. The van der Waals surface area contributed by atoms with Gasteiger partial charge in [-0.2, -0.15) is 0 Å². The number of H-pyrrole nitrogens is 1. The van der Waals surface area contributed by atoms with Crippen LogP contribution in [0.25, 0.3) is 10.9 Å². The molecule has 1 aliphatic rings. The van der Waals surface area contributed by atoms with Gasteiger partial charge in [0.25, 0.3) is 0 Å². The minimum atomic E-state index is -0.908. The van der Waals surface area contributed by atoms with Crippen molar-refractivity contribution in [2.75, 3.05) is 6.61 Å². The minimum absolute atomic E-state index is 0.108. The zero-order valence-corrected chi connectivity index (χ0v) is 12.4. The fraction of sp³-hybridized carbons (Fsp3) is 0.375. The SMILES string of the molecule is CC(=O)Oc1ccc2[nH]c3c(c2c1)CCOC3(C)CC(=O)O. The predicted molar refractivity (Wildman–Crippen MR) is 78.9 cm³/mol. The van der Waals surface area contributed by atoms with Gasteiger partial charge in [-0.1, -0.05) is 0 Å². The van der Waals surface area contributed by atoms with Gasteiger partial charge in [0.2, 0.25) is 0 Å². The first-order valence-corrected chi connectivity index (χ1v) is 7.08. The molecule has 2 N–H and O–H groups in total. The third-order valence-corrected chi connectivity index (χ3v) is 3.93. The molecule has 1 aliphatic heterocycles. The molecule has 2 heterocycles. The summed E-state index contributed by atoms with van der Waals surface area (Å²) in [6.45, 7) is 3.59. The topological polar surface area (TPSA) is 88.6 Å². The monoisotopic (exact) mass is 303 g/mol. The van der Waals surface area contributed by atoms with Crippen molar-refractivity contribution in [2.24, 2.45) is 0 Å². The molecule has 6 nitrogen and oxygen atoms in total. The number of hydrogen-bond acceptors (Lipinski definition) is 4. The van der Waals surface area contributed by atoms with Crippen LogP contribution in [0.3, 0.4) is 0 Å². The molecule has 1 aromatic carbocycles. The molecule has 3 rings (SSSR count). The van der Waals surface area contributed by atoms with Gasteiger partial charge in [0.1, 0.15) is 11.4 Å². The van der Waals surface area contributed by atoms with Gasteiger partial charge in [-0.05, 0) is 37.1 Å². The Hall–Kier alpha value is -2.34. The number of benzene rings is 1. The molecule has 116 valence electrons. The van der Waals surface area contributed by atoms with Crippen LogP contribution < -0.4 is 4.74 Å². The quantitative estimate of drug-likeness (QED) is 0.671. The van der Waals surface area contributed by atoms with E-state index in [1.54, 1.807) is 19.1 Å². The van der Waals surface area contributed by atoms with E-state index in [2.05, 4.69) is 4.98 Å². The average Bonchev–Trinajstić information content (AvgIpc) is 2.77. The summed E-state index contributed by atoms with van der Waals surface area (Å²) in [5.74, 6) is -0.800. The van der Waals surface area contributed by atoms with Crippen molar-refractivity contribution >= 4 is 22.8 Å². The molecule has 0 radical (unpaired) electrons. The van der Waals surface area contributed by atoms with Crippen molar-refractivity contribution in [1.82, 2.24) is 4.98 Å². The van der Waals surface area contributed by atoms with Gasteiger partial charge in [-0.3, -0.25) is 9.59 Å². The van der Waals surface area contributed by atoms with Crippen LogP contribution in [-0.4, -0.2) is 28.6 Å². The number of carbonyl (C=O) groups is 2. The van der Waals surface area contributed by atoms with E-state index in [4.69, 9.17) is 14.6 Å². The van der Waals surface area contributed by atoms with Gasteiger partial charge in [0.05, 0.1) is 18.7 Å². The lowest BCUT2D eigenvalue weighted by Crippen LogP contribution is -2.34. The van der Waals surface area contributed by atoms with Gasteiger partial charge in [-0.25, -0.2) is 0 Å². The number of carboxylic acid groups (broad SMARTS) is 1. The number of rotatable bonds is 3. The van der Waals surface area contributed by atoms with Crippen LogP contribution in [-0.2, 0) is 26.3 Å². The molecule has 1 aromatic heterocycles. The number of carbonyl (C=O) groups excluding carboxylic acids is 1. The van der Waals surface area contributed by atoms with Gasteiger partial charge in [-0.15, -0.1) is 0 Å². The Morgan fingerprint density at radius 1 is 1.45 bits per heavy atom. The van der Waals surface area contributed by atoms with Crippen LogP contribution in [0.5, 0.6) is 5.75 Å². The Bertz CT molecular complexity index is 763. The predicted octanol–water partition coefficient (Wildman–Crippen LogP) is 2.36. The Kier molecular flexibility index (Phi) is 3.41. The Labute approximate surface area is 127 Å². The van der Waals surface area contributed by atoms with Crippen molar-refractivity contribution in [2.45, 2.75) is 32.3 Å². The van der Waals surface area contributed by atoms with Crippen molar-refractivity contribution < 1.29 is 24.2 Å². The summed E-state index contributed by atoms with van der Waals surface area (Å²) in [7, 11) is 0. The highest BCUT2D eigenvalue weighted by atomic mass is 16.5. The molecule has 0 saturated carbocycles. The molecule has 0 fully saturated rings. The Morgan fingerprint density at radius 2 is 2.23 bits per heavy atom. The van der Waals surface area contributed by atoms with Crippen LogP contribution in [0.2, 0.25) is 0 Å². The van der Waals surface area contributed by atoms with E-state index in [-0.39, 0.29) is 12.4 Å². The highest BCUT2D eigenvalue weighted by molar-refractivity contribution is 5.87. The highest BCUT2D eigenvalue weighted by Gasteiger charge is 2.38. The van der Waals surface area contributed by atoms with E-state index < -0.39 is 11.6 Å². The fourth-order valence-electron chi connectivity index (χ4n) is 3.05. The van der Waals surface area contributed by atoms with Crippen molar-refractivity contribution in [3.05, 3.63) is 29.5 Å². The molecular formula is C16H17NO5. The van der Waals surface area contributed by atoms with Gasteiger partial charge >= 0.3 is 11.9 Å². The number of nitrogens with one attached hydrogen (secondary N) is 1. The molecule has 1 atom stereocenters. The Morgan fingerprint density at radius 3 is 2.91 bits per heavy atom. The first-order chi connectivity index (χ1) is 10.4. The molecule has 1 unspecified atom stereocenters. The van der Waals surface area contributed by atoms with Crippen LogP contribution in [0.4, 0.5) is 0 Å². The summed E-state index contributed by atoms with van der Waals surface area (Å²) in [6.07, 6.45) is 0.581. The number of hydrogen-bond donors (Lipinski definition) is 2. The highest BCUT2D eigenvalue weighted by Crippen LogP contribution is 2.39. The van der Waals surface area contributed by atoms with Crippen LogP contribution in [0.1, 0.15) is 31.5 Å². The summed E-state index contributed by atoms with van der Waals surface area (Å²) in [4.78, 5) is 25.5. The second-order valence-electron chi connectivity index (χ2n) is 5.68. The third kappa shape index (κ3) is 2.46. The summed E-state index contributed by atoms with van der Waals surface area (Å²) in [5, 5.41) is 10.1. The van der Waals surface area contributed by atoms with Crippen molar-refractivity contribution in [3.63, 3.8) is 0 Å². The molecular weight excluding hydrogens is 286 g/mol. The third-order valence-electron chi connectivity index (χ3n) is 3.93. The number of carboxylic acids is 1. The molecule has 0 bridgehead atoms. The van der Waals surface area contributed by atoms with Crippen molar-refractivity contribution in [3.8, 4) is 5.75 Å². The van der Waals surface area contributed by atoms with E-state index in [0.29, 0.717) is 18.8 Å². The Balaban J connectivity index is 2.11. The zero-order valence-electron chi connectivity index (χ0n) is 12.4. The van der Waals surface area contributed by atoms with Gasteiger partial charge < -0.3 is 19.6 Å². The minimum Gasteiger partial charge on any atom is -0.481 e. The van der Waals surface area contributed by atoms with E-state index in [1.165, 1.54) is 6.92 Å². The number of fused-ring (bicyclic) bond motifs is 3. The maximum absolute atomic E-state index is 11.1. The molecule has 6 heteroatoms. The maximum atomic E-state index is 11.1. The molecule has 2 aromatic rings.